The van der Waals surface area contributed by atoms with Crippen molar-refractivity contribution in [1.29, 1.82) is 0 Å². The van der Waals surface area contributed by atoms with Crippen LogP contribution in [0.3, 0.4) is 0 Å². The number of anilines is 4. The van der Waals surface area contributed by atoms with Crippen molar-refractivity contribution in [3.8, 4) is 0 Å². The molecule has 2 N–H and O–H groups in total. The van der Waals surface area contributed by atoms with Gasteiger partial charge in [-0.3, -0.25) is 9.69 Å². The lowest BCUT2D eigenvalue weighted by Gasteiger charge is -2.54. The largest absolute Gasteiger partial charge is 0.367 e. The molecule has 9 nitrogen and oxygen atoms in total. The second kappa shape index (κ2) is 9.35. The van der Waals surface area contributed by atoms with Gasteiger partial charge in [0.2, 0.25) is 11.9 Å². The fraction of sp³-hybridized carbons (Fsp3) is 0.556. The van der Waals surface area contributed by atoms with Crippen LogP contribution in [-0.2, 0) is 4.79 Å². The second-order valence-electron chi connectivity index (χ2n) is 10.7. The summed E-state index contributed by atoms with van der Waals surface area (Å²) in [5, 5.41) is 6.46. The van der Waals surface area contributed by atoms with Gasteiger partial charge < -0.3 is 20.4 Å². The van der Waals surface area contributed by atoms with Crippen LogP contribution in [0.4, 0.5) is 23.3 Å². The van der Waals surface area contributed by atoms with Gasteiger partial charge in [-0.1, -0.05) is 38.3 Å². The Morgan fingerprint density at radius 3 is 2.78 bits per heavy atom. The molecule has 1 unspecified atom stereocenters. The first-order valence-corrected chi connectivity index (χ1v) is 13.4. The number of carbonyl (C=O) groups is 1. The number of rotatable bonds is 4. The maximum atomic E-state index is 12.8. The Balaban J connectivity index is 1.23. The van der Waals surface area contributed by atoms with Crippen LogP contribution < -0.4 is 20.4 Å². The van der Waals surface area contributed by atoms with Crippen molar-refractivity contribution < 1.29 is 4.79 Å². The van der Waals surface area contributed by atoms with Crippen LogP contribution in [0.5, 0.6) is 0 Å². The highest BCUT2D eigenvalue weighted by Gasteiger charge is 2.49. The number of hydrogen-bond acceptors (Lipinski definition) is 8. The standard InChI is InChI=1S/C27H36N8O/c1-3-20-17-34(14-13-33(20)2)21-8-10-23(28-16-21)31-26-29-15-19-7-9-22-25(36)30-18-27(11-5-4-6-12-27)35(22)24(19)32-26/h7-10,15-16,20,22H,3-6,11-14,17-18H2,1-2H3,(H,30,36)(H,28,29,31,32)/t20-,22?/m0/s1. The number of nitrogens with one attached hydrogen (secondary N) is 2. The van der Waals surface area contributed by atoms with Gasteiger partial charge in [-0.2, -0.15) is 4.98 Å². The summed E-state index contributed by atoms with van der Waals surface area (Å²) in [6.07, 6.45) is 14.6. The number of carbonyl (C=O) groups excluding carboxylic acids is 1. The van der Waals surface area contributed by atoms with E-state index in [9.17, 15) is 4.79 Å². The van der Waals surface area contributed by atoms with Gasteiger partial charge in [-0.15, -0.1) is 0 Å². The smallest absolute Gasteiger partial charge is 0.246 e. The van der Waals surface area contributed by atoms with E-state index in [1.165, 1.54) is 19.3 Å². The van der Waals surface area contributed by atoms with Crippen molar-refractivity contribution in [2.45, 2.75) is 63.1 Å². The van der Waals surface area contributed by atoms with E-state index in [1.54, 1.807) is 0 Å². The van der Waals surface area contributed by atoms with Crippen LogP contribution in [0.15, 0.2) is 30.6 Å². The molecule has 1 aliphatic carbocycles. The lowest BCUT2D eigenvalue weighted by Crippen LogP contribution is -2.69. The average Bonchev–Trinajstić information content (AvgIpc) is 2.92. The van der Waals surface area contributed by atoms with E-state index in [0.717, 1.165) is 56.0 Å². The third kappa shape index (κ3) is 4.09. The van der Waals surface area contributed by atoms with Gasteiger partial charge in [0.15, 0.2) is 0 Å². The van der Waals surface area contributed by atoms with E-state index in [0.29, 0.717) is 24.4 Å². The molecule has 4 aliphatic rings. The van der Waals surface area contributed by atoms with Gasteiger partial charge in [-0.25, -0.2) is 9.97 Å². The third-order valence-corrected chi connectivity index (χ3v) is 8.52. The summed E-state index contributed by atoms with van der Waals surface area (Å²) in [6.45, 7) is 6.02. The number of piperazine rings is 2. The fourth-order valence-corrected chi connectivity index (χ4v) is 6.34. The number of aromatic nitrogens is 3. The zero-order valence-corrected chi connectivity index (χ0v) is 21.3. The van der Waals surface area contributed by atoms with Crippen LogP contribution in [0.25, 0.3) is 6.08 Å². The molecule has 9 heteroatoms. The van der Waals surface area contributed by atoms with E-state index >= 15 is 0 Å². The van der Waals surface area contributed by atoms with E-state index in [1.807, 2.05) is 30.6 Å². The minimum absolute atomic E-state index is 0.0488. The number of nitrogens with zero attached hydrogens (tertiary/aromatic N) is 6. The predicted octanol–water partition coefficient (Wildman–Crippen LogP) is 3.18. The number of likely N-dealkylation sites (N-methyl/N-ethyl adjacent to an activating group) is 1. The average molecular weight is 489 g/mol. The molecule has 5 heterocycles. The van der Waals surface area contributed by atoms with E-state index in [2.05, 4.69) is 55.3 Å². The molecule has 2 aromatic heterocycles. The molecule has 190 valence electrons. The highest BCUT2D eigenvalue weighted by Crippen LogP contribution is 2.42. The molecule has 1 spiro atoms. The van der Waals surface area contributed by atoms with Gasteiger partial charge in [0.25, 0.3) is 0 Å². The molecule has 6 rings (SSSR count). The Labute approximate surface area is 213 Å². The van der Waals surface area contributed by atoms with Gasteiger partial charge in [-0.05, 0) is 38.4 Å². The van der Waals surface area contributed by atoms with Gasteiger partial charge >= 0.3 is 0 Å². The molecular weight excluding hydrogens is 452 g/mol. The topological polar surface area (TPSA) is 89.5 Å². The maximum Gasteiger partial charge on any atom is 0.246 e. The van der Waals surface area contributed by atoms with E-state index in [-0.39, 0.29) is 17.5 Å². The fourth-order valence-electron chi connectivity index (χ4n) is 6.34. The molecule has 0 aromatic carbocycles. The minimum Gasteiger partial charge on any atom is -0.367 e. The summed E-state index contributed by atoms with van der Waals surface area (Å²) in [4.78, 5) is 34.1. The van der Waals surface area contributed by atoms with Crippen molar-refractivity contribution >= 4 is 35.3 Å². The summed E-state index contributed by atoms with van der Waals surface area (Å²) >= 11 is 0. The first-order chi connectivity index (χ1) is 17.6. The van der Waals surface area contributed by atoms with Crippen molar-refractivity contribution in [3.63, 3.8) is 0 Å². The van der Waals surface area contributed by atoms with Gasteiger partial charge in [0.1, 0.15) is 17.7 Å². The van der Waals surface area contributed by atoms with Gasteiger partial charge in [0.05, 0.1) is 17.4 Å². The molecular formula is C27H36N8O. The van der Waals surface area contributed by atoms with Crippen LogP contribution in [-0.4, -0.2) is 76.6 Å². The number of amides is 1. The van der Waals surface area contributed by atoms with Crippen LogP contribution in [0, 0.1) is 0 Å². The third-order valence-electron chi connectivity index (χ3n) is 8.52. The summed E-state index contributed by atoms with van der Waals surface area (Å²) in [5.41, 5.74) is 2.02. The first kappa shape index (κ1) is 23.2. The molecule has 3 fully saturated rings. The Morgan fingerprint density at radius 1 is 1.14 bits per heavy atom. The van der Waals surface area contributed by atoms with Crippen LogP contribution >= 0.6 is 0 Å². The molecule has 3 aliphatic heterocycles. The zero-order chi connectivity index (χ0) is 24.7. The van der Waals surface area contributed by atoms with Crippen LogP contribution in [0.1, 0.15) is 51.0 Å². The second-order valence-corrected chi connectivity index (χ2v) is 10.7. The normalized spacial score (nSPS) is 25.3. The molecule has 2 aromatic rings. The Bertz CT molecular complexity index is 1140. The Morgan fingerprint density at radius 2 is 2.00 bits per heavy atom. The van der Waals surface area contributed by atoms with Gasteiger partial charge in [0, 0.05) is 44.0 Å². The molecule has 1 saturated carbocycles. The Kier molecular flexibility index (Phi) is 6.03. The highest BCUT2D eigenvalue weighted by atomic mass is 16.2. The van der Waals surface area contributed by atoms with Crippen LogP contribution in [0.2, 0.25) is 0 Å². The number of fused-ring (bicyclic) bond motifs is 4. The summed E-state index contributed by atoms with van der Waals surface area (Å²) in [5.74, 6) is 2.11. The molecule has 2 atom stereocenters. The quantitative estimate of drug-likeness (QED) is 0.678. The molecule has 0 bridgehead atoms. The summed E-state index contributed by atoms with van der Waals surface area (Å²) in [6, 6.07) is 4.37. The van der Waals surface area contributed by atoms with Crippen molar-refractivity contribution in [2.24, 2.45) is 0 Å². The van der Waals surface area contributed by atoms with E-state index < -0.39 is 0 Å². The monoisotopic (exact) mass is 488 g/mol. The number of pyridine rings is 1. The van der Waals surface area contributed by atoms with E-state index in [4.69, 9.17) is 4.98 Å². The number of hydrogen-bond donors (Lipinski definition) is 2. The highest BCUT2D eigenvalue weighted by molar-refractivity contribution is 5.93. The summed E-state index contributed by atoms with van der Waals surface area (Å²) in [7, 11) is 2.21. The first-order valence-electron chi connectivity index (χ1n) is 13.4. The minimum atomic E-state index is -0.319. The maximum absolute atomic E-state index is 12.8. The lowest BCUT2D eigenvalue weighted by atomic mass is 9.77. The SMILES string of the molecule is CC[C@H]1CN(c2ccc(Nc3ncc4c(n3)N3C(C=C4)C(=O)NCC34CCCCC4)nc2)CCN1C. The lowest BCUT2D eigenvalue weighted by molar-refractivity contribution is -0.123. The molecule has 2 saturated heterocycles. The zero-order valence-electron chi connectivity index (χ0n) is 21.3. The molecule has 36 heavy (non-hydrogen) atoms. The van der Waals surface area contributed by atoms with Crippen molar-refractivity contribution in [3.05, 3.63) is 36.2 Å². The summed E-state index contributed by atoms with van der Waals surface area (Å²) < 4.78 is 0. The van der Waals surface area contributed by atoms with Crippen molar-refractivity contribution in [2.75, 3.05) is 48.3 Å². The predicted molar refractivity (Wildman–Crippen MR) is 143 cm³/mol. The molecule has 1 amide bonds. The van der Waals surface area contributed by atoms with Crippen molar-refractivity contribution in [1.82, 2.24) is 25.2 Å². The Hall–Kier alpha value is -3.20. The molecule has 0 radical (unpaired) electrons.